The van der Waals surface area contributed by atoms with Crippen LogP contribution in [0.4, 0.5) is 0 Å². The number of rotatable bonds is 62. The monoisotopic (exact) mass is 1080 g/mol. The van der Waals surface area contributed by atoms with E-state index in [0.29, 0.717) is 19.3 Å². The molecule has 0 N–H and O–H groups in total. The molecule has 1 unspecified atom stereocenters. The minimum Gasteiger partial charge on any atom is -0.462 e. The molecule has 0 spiro atoms. The van der Waals surface area contributed by atoms with Gasteiger partial charge in [0, 0.05) is 19.3 Å². The Morgan fingerprint density at radius 3 is 0.831 bits per heavy atom. The Morgan fingerprint density at radius 1 is 0.273 bits per heavy atom. The summed E-state index contributed by atoms with van der Waals surface area (Å²) in [5.41, 5.74) is 0. The van der Waals surface area contributed by atoms with E-state index >= 15 is 0 Å². The lowest BCUT2D eigenvalue weighted by molar-refractivity contribution is -0.167. The van der Waals surface area contributed by atoms with Crippen LogP contribution in [-0.4, -0.2) is 37.2 Å². The second kappa shape index (κ2) is 65.6. The molecule has 0 amide bonds. The van der Waals surface area contributed by atoms with E-state index in [2.05, 4.69) is 81.5 Å². The predicted molar refractivity (Wildman–Crippen MR) is 335 cm³/mol. The second-order valence-corrected chi connectivity index (χ2v) is 22.7. The molecule has 1 atom stereocenters. The third-order valence-electron chi connectivity index (χ3n) is 15.0. The number of hydrogen-bond acceptors (Lipinski definition) is 6. The van der Waals surface area contributed by atoms with Crippen molar-refractivity contribution in [2.45, 2.75) is 361 Å². The van der Waals surface area contributed by atoms with E-state index < -0.39 is 6.10 Å². The third kappa shape index (κ3) is 63.8. The van der Waals surface area contributed by atoms with E-state index in [9.17, 15) is 14.4 Å². The van der Waals surface area contributed by atoms with Crippen LogP contribution in [0.3, 0.4) is 0 Å². The highest BCUT2D eigenvalue weighted by molar-refractivity contribution is 5.71. The Hall–Kier alpha value is -2.89. The Labute approximate surface area is 479 Å². The molecule has 77 heavy (non-hydrogen) atoms. The van der Waals surface area contributed by atoms with E-state index in [1.54, 1.807) is 0 Å². The zero-order chi connectivity index (χ0) is 55.7. The zero-order valence-electron chi connectivity index (χ0n) is 51.5. The molecule has 0 fully saturated rings. The van der Waals surface area contributed by atoms with Crippen molar-refractivity contribution in [2.24, 2.45) is 0 Å². The summed E-state index contributed by atoms with van der Waals surface area (Å²) in [5, 5.41) is 0. The van der Waals surface area contributed by atoms with Gasteiger partial charge in [0.1, 0.15) is 13.2 Å². The number of carbonyl (C=O) groups is 3. The van der Waals surface area contributed by atoms with Crippen molar-refractivity contribution in [3.63, 3.8) is 0 Å². The predicted octanol–water partition coefficient (Wildman–Crippen LogP) is 23.1. The lowest BCUT2D eigenvalue weighted by atomic mass is 10.0. The molecule has 0 bridgehead atoms. The summed E-state index contributed by atoms with van der Waals surface area (Å²) in [6, 6.07) is 0. The molecule has 448 valence electrons. The fourth-order valence-electron chi connectivity index (χ4n) is 9.96. The van der Waals surface area contributed by atoms with Crippen molar-refractivity contribution in [3.8, 4) is 0 Å². The molecule has 0 aliphatic rings. The zero-order valence-corrected chi connectivity index (χ0v) is 51.5. The van der Waals surface area contributed by atoms with Crippen LogP contribution in [-0.2, 0) is 28.6 Å². The molecule has 0 aromatic heterocycles. The SMILES string of the molecule is CC/C=C\C/C=C\C/C=C\C/C=C\CCCCC(=O)OC(COC(=O)CCCCCCC/C=C\CCCCCCCC)COC(=O)CCCCCCCCCCCCCCCCCCCCCCCCCCCCCCC. The molecule has 0 saturated carbocycles. The first-order valence-electron chi connectivity index (χ1n) is 33.8. The van der Waals surface area contributed by atoms with Crippen molar-refractivity contribution in [1.29, 1.82) is 0 Å². The number of allylic oxidation sites excluding steroid dienone is 10. The molecule has 0 aliphatic heterocycles. The quantitative estimate of drug-likeness (QED) is 0.0261. The normalized spacial score (nSPS) is 12.4. The fourth-order valence-corrected chi connectivity index (χ4v) is 9.96. The highest BCUT2D eigenvalue weighted by atomic mass is 16.6. The van der Waals surface area contributed by atoms with E-state index in [1.165, 1.54) is 225 Å². The van der Waals surface area contributed by atoms with E-state index in [0.717, 1.165) is 83.5 Å². The molecule has 0 aliphatic carbocycles. The maximum atomic E-state index is 12.9. The number of unbranched alkanes of at least 4 members (excludes halogenated alkanes) is 41. The fraction of sp³-hybridized carbons (Fsp3) is 0.817. The van der Waals surface area contributed by atoms with Crippen LogP contribution < -0.4 is 0 Å². The Kier molecular flexibility index (Phi) is 63.2. The van der Waals surface area contributed by atoms with Crippen LogP contribution in [0.5, 0.6) is 0 Å². The van der Waals surface area contributed by atoms with Crippen LogP contribution in [0.25, 0.3) is 0 Å². The van der Waals surface area contributed by atoms with Gasteiger partial charge in [0.15, 0.2) is 6.10 Å². The summed E-state index contributed by atoms with van der Waals surface area (Å²) in [5.74, 6) is -0.923. The van der Waals surface area contributed by atoms with Crippen LogP contribution in [0.2, 0.25) is 0 Å². The van der Waals surface area contributed by atoms with Gasteiger partial charge in [-0.25, -0.2) is 0 Å². The smallest absolute Gasteiger partial charge is 0.306 e. The van der Waals surface area contributed by atoms with Crippen molar-refractivity contribution in [3.05, 3.63) is 60.8 Å². The highest BCUT2D eigenvalue weighted by Crippen LogP contribution is 2.18. The van der Waals surface area contributed by atoms with Crippen LogP contribution in [0.1, 0.15) is 355 Å². The first-order chi connectivity index (χ1) is 38.0. The molecule has 0 saturated heterocycles. The van der Waals surface area contributed by atoms with Gasteiger partial charge >= 0.3 is 17.9 Å². The second-order valence-electron chi connectivity index (χ2n) is 22.7. The average molecular weight is 1080 g/mol. The van der Waals surface area contributed by atoms with Gasteiger partial charge in [-0.1, -0.05) is 313 Å². The summed E-state index contributed by atoms with van der Waals surface area (Å²) in [4.78, 5) is 38.3. The molecule has 0 radical (unpaired) electrons. The Bertz CT molecular complexity index is 1380. The van der Waals surface area contributed by atoms with E-state index in [1.807, 2.05) is 0 Å². The summed E-state index contributed by atoms with van der Waals surface area (Å²) < 4.78 is 16.9. The molecule has 6 heteroatoms. The molecular weight excluding hydrogens is 949 g/mol. The summed E-state index contributed by atoms with van der Waals surface area (Å²) in [6.07, 6.45) is 84.0. The first-order valence-corrected chi connectivity index (χ1v) is 33.8. The number of ether oxygens (including phenoxy) is 3. The lowest BCUT2D eigenvalue weighted by Gasteiger charge is -2.18. The molecule has 6 nitrogen and oxygen atoms in total. The highest BCUT2D eigenvalue weighted by Gasteiger charge is 2.19. The molecular formula is C71H128O6. The number of carbonyl (C=O) groups excluding carboxylic acids is 3. The maximum Gasteiger partial charge on any atom is 0.306 e. The average Bonchev–Trinajstić information content (AvgIpc) is 3.43. The van der Waals surface area contributed by atoms with Crippen LogP contribution in [0.15, 0.2) is 60.8 Å². The van der Waals surface area contributed by atoms with Gasteiger partial charge in [0.25, 0.3) is 0 Å². The summed E-state index contributed by atoms with van der Waals surface area (Å²) in [6.45, 7) is 6.53. The van der Waals surface area contributed by atoms with Gasteiger partial charge in [-0.05, 0) is 83.5 Å². The van der Waals surface area contributed by atoms with Gasteiger partial charge in [-0.3, -0.25) is 14.4 Å². The van der Waals surface area contributed by atoms with Crippen molar-refractivity contribution in [2.75, 3.05) is 13.2 Å². The van der Waals surface area contributed by atoms with Crippen molar-refractivity contribution >= 4 is 17.9 Å². The van der Waals surface area contributed by atoms with E-state index in [4.69, 9.17) is 14.2 Å². The van der Waals surface area contributed by atoms with Gasteiger partial charge in [0.05, 0.1) is 0 Å². The maximum absolute atomic E-state index is 12.9. The minimum absolute atomic E-state index is 0.0905. The third-order valence-corrected chi connectivity index (χ3v) is 15.0. The van der Waals surface area contributed by atoms with Crippen molar-refractivity contribution < 1.29 is 28.6 Å². The van der Waals surface area contributed by atoms with Gasteiger partial charge in [-0.15, -0.1) is 0 Å². The van der Waals surface area contributed by atoms with Gasteiger partial charge < -0.3 is 14.2 Å². The first kappa shape index (κ1) is 74.1. The largest absolute Gasteiger partial charge is 0.462 e. The van der Waals surface area contributed by atoms with Gasteiger partial charge in [-0.2, -0.15) is 0 Å². The molecule has 0 heterocycles. The number of hydrogen-bond donors (Lipinski definition) is 0. The lowest BCUT2D eigenvalue weighted by Crippen LogP contribution is -2.30. The van der Waals surface area contributed by atoms with Crippen molar-refractivity contribution in [1.82, 2.24) is 0 Å². The van der Waals surface area contributed by atoms with Crippen LogP contribution >= 0.6 is 0 Å². The number of esters is 3. The molecule has 0 aromatic carbocycles. The molecule has 0 rings (SSSR count). The van der Waals surface area contributed by atoms with Gasteiger partial charge in [0.2, 0.25) is 0 Å². The summed E-state index contributed by atoms with van der Waals surface area (Å²) >= 11 is 0. The van der Waals surface area contributed by atoms with Crippen LogP contribution in [0, 0.1) is 0 Å². The Balaban J connectivity index is 4.21. The van der Waals surface area contributed by atoms with E-state index in [-0.39, 0.29) is 37.5 Å². The summed E-state index contributed by atoms with van der Waals surface area (Å²) in [7, 11) is 0. The standard InChI is InChI=1S/C71H128O6/c1-4-7-10-13-16-19-22-25-28-29-30-31-32-33-34-35-36-37-38-39-40-41-44-46-49-52-55-58-61-64-70(73)76-67-68(77-71(74)65-62-59-56-53-50-47-43-27-24-21-18-15-12-9-6-3)66-75-69(72)63-60-57-54-51-48-45-42-26-23-20-17-14-11-8-5-2/h9,12,18,21,26-27,42-43,50,53,68H,4-8,10-11,13-17,19-20,22-25,28-41,44-49,51-52,54-67H2,1-3H3/b12-9-,21-18-,42-26-,43-27-,53-50-. The Morgan fingerprint density at radius 2 is 0.506 bits per heavy atom. The minimum atomic E-state index is -0.799. The topological polar surface area (TPSA) is 78.9 Å². The molecule has 0 aromatic rings.